The molecule has 2 N–H and O–H groups in total. The number of carbonyl (C=O) groups excluding carboxylic acids is 1. The summed E-state index contributed by atoms with van der Waals surface area (Å²) < 4.78 is 13.3. The SMILES string of the molecule is O=C(Nc1cc(Br)ccc1C(=O)O)c1ccc(F)nc1. The summed E-state index contributed by atoms with van der Waals surface area (Å²) in [5.41, 5.74) is 0.223. The Kier molecular flexibility index (Phi) is 4.09. The van der Waals surface area contributed by atoms with E-state index in [0.29, 0.717) is 4.47 Å². The lowest BCUT2D eigenvalue weighted by molar-refractivity contribution is 0.0698. The average Bonchev–Trinajstić information content (AvgIpc) is 2.39. The summed E-state index contributed by atoms with van der Waals surface area (Å²) >= 11 is 3.19. The first kappa shape index (κ1) is 14.1. The van der Waals surface area contributed by atoms with Crippen LogP contribution in [-0.2, 0) is 0 Å². The molecule has 0 bridgehead atoms. The molecular weight excluding hydrogens is 331 g/mol. The first-order valence-electron chi connectivity index (χ1n) is 5.43. The van der Waals surface area contributed by atoms with Gasteiger partial charge in [-0.2, -0.15) is 4.39 Å². The molecule has 0 unspecified atom stereocenters. The van der Waals surface area contributed by atoms with Crippen LogP contribution in [0, 0.1) is 5.95 Å². The zero-order chi connectivity index (χ0) is 14.7. The van der Waals surface area contributed by atoms with Crippen molar-refractivity contribution < 1.29 is 19.1 Å². The van der Waals surface area contributed by atoms with Crippen molar-refractivity contribution in [3.63, 3.8) is 0 Å². The van der Waals surface area contributed by atoms with Gasteiger partial charge in [-0.25, -0.2) is 9.78 Å². The number of hydrogen-bond donors (Lipinski definition) is 2. The molecule has 102 valence electrons. The fourth-order valence-electron chi connectivity index (χ4n) is 1.51. The lowest BCUT2D eigenvalue weighted by atomic mass is 10.1. The van der Waals surface area contributed by atoms with Crippen molar-refractivity contribution >= 4 is 33.5 Å². The van der Waals surface area contributed by atoms with E-state index in [4.69, 9.17) is 5.11 Å². The predicted octanol–water partition coefficient (Wildman–Crippen LogP) is 2.93. The second kappa shape index (κ2) is 5.79. The molecule has 1 aromatic carbocycles. The molecule has 2 aromatic rings. The Morgan fingerprint density at radius 1 is 1.25 bits per heavy atom. The summed E-state index contributed by atoms with van der Waals surface area (Å²) in [6.07, 6.45) is 1.07. The van der Waals surface area contributed by atoms with E-state index in [1.807, 2.05) is 0 Å². The number of aromatic carboxylic acids is 1. The molecule has 20 heavy (non-hydrogen) atoms. The van der Waals surface area contributed by atoms with E-state index in [1.165, 1.54) is 18.2 Å². The quantitative estimate of drug-likeness (QED) is 0.843. The zero-order valence-corrected chi connectivity index (χ0v) is 11.5. The van der Waals surface area contributed by atoms with Crippen LogP contribution in [0.3, 0.4) is 0 Å². The van der Waals surface area contributed by atoms with Crippen LogP contribution in [0.2, 0.25) is 0 Å². The molecule has 1 amide bonds. The number of anilines is 1. The highest BCUT2D eigenvalue weighted by molar-refractivity contribution is 9.10. The molecule has 0 spiro atoms. The second-order valence-electron chi connectivity index (χ2n) is 3.82. The van der Waals surface area contributed by atoms with Gasteiger partial charge < -0.3 is 10.4 Å². The van der Waals surface area contributed by atoms with Gasteiger partial charge in [-0.15, -0.1) is 0 Å². The number of amides is 1. The number of rotatable bonds is 3. The van der Waals surface area contributed by atoms with Crippen LogP contribution < -0.4 is 5.32 Å². The molecule has 0 aliphatic heterocycles. The van der Waals surface area contributed by atoms with Gasteiger partial charge in [-0.05, 0) is 30.3 Å². The van der Waals surface area contributed by atoms with Gasteiger partial charge in [0.1, 0.15) is 0 Å². The average molecular weight is 339 g/mol. The smallest absolute Gasteiger partial charge is 0.337 e. The van der Waals surface area contributed by atoms with Gasteiger partial charge in [0.25, 0.3) is 5.91 Å². The third-order valence-corrected chi connectivity index (χ3v) is 2.94. The fourth-order valence-corrected chi connectivity index (χ4v) is 1.87. The van der Waals surface area contributed by atoms with Crippen LogP contribution in [0.1, 0.15) is 20.7 Å². The molecular formula is C13H8BrFN2O3. The molecule has 0 aliphatic rings. The topological polar surface area (TPSA) is 79.3 Å². The minimum absolute atomic E-state index is 0.0448. The number of carboxylic acids is 1. The molecule has 7 heteroatoms. The van der Waals surface area contributed by atoms with E-state index < -0.39 is 17.8 Å². The minimum Gasteiger partial charge on any atom is -0.478 e. The van der Waals surface area contributed by atoms with Crippen LogP contribution in [0.4, 0.5) is 10.1 Å². The van der Waals surface area contributed by atoms with Crippen molar-refractivity contribution in [3.05, 3.63) is 58.1 Å². The van der Waals surface area contributed by atoms with E-state index in [-0.39, 0.29) is 16.8 Å². The predicted molar refractivity (Wildman–Crippen MR) is 73.2 cm³/mol. The van der Waals surface area contributed by atoms with Crippen molar-refractivity contribution in [2.45, 2.75) is 0 Å². The number of carboxylic acid groups (broad SMARTS) is 1. The number of halogens is 2. The number of pyridine rings is 1. The Bertz CT molecular complexity index is 674. The summed E-state index contributed by atoms with van der Waals surface area (Å²) in [5, 5.41) is 11.5. The van der Waals surface area contributed by atoms with Gasteiger partial charge in [0, 0.05) is 10.7 Å². The van der Waals surface area contributed by atoms with Crippen LogP contribution in [0.15, 0.2) is 41.0 Å². The Labute approximate surface area is 121 Å². The molecule has 0 saturated carbocycles. The lowest BCUT2D eigenvalue weighted by Crippen LogP contribution is -2.15. The molecule has 2 rings (SSSR count). The molecule has 1 heterocycles. The Balaban J connectivity index is 2.29. The van der Waals surface area contributed by atoms with Crippen LogP contribution in [0.25, 0.3) is 0 Å². The van der Waals surface area contributed by atoms with Crippen molar-refractivity contribution in [1.29, 1.82) is 0 Å². The minimum atomic E-state index is -1.16. The standard InChI is InChI=1S/C13H8BrFN2O3/c14-8-2-3-9(13(19)20)10(5-8)17-12(18)7-1-4-11(15)16-6-7/h1-6H,(H,17,18)(H,19,20). The normalized spacial score (nSPS) is 10.1. The van der Waals surface area contributed by atoms with Gasteiger partial charge in [0.2, 0.25) is 5.95 Å². The van der Waals surface area contributed by atoms with Crippen LogP contribution in [-0.4, -0.2) is 22.0 Å². The molecule has 0 aliphatic carbocycles. The van der Waals surface area contributed by atoms with Crippen LogP contribution in [0.5, 0.6) is 0 Å². The third-order valence-electron chi connectivity index (χ3n) is 2.45. The van der Waals surface area contributed by atoms with E-state index in [9.17, 15) is 14.0 Å². The van der Waals surface area contributed by atoms with E-state index in [0.717, 1.165) is 12.3 Å². The van der Waals surface area contributed by atoms with Gasteiger partial charge in [0.15, 0.2) is 0 Å². The maximum Gasteiger partial charge on any atom is 0.337 e. The number of nitrogens with one attached hydrogen (secondary N) is 1. The van der Waals surface area contributed by atoms with Crippen molar-refractivity contribution in [3.8, 4) is 0 Å². The van der Waals surface area contributed by atoms with Gasteiger partial charge in [0.05, 0.1) is 16.8 Å². The molecule has 0 atom stereocenters. The van der Waals surface area contributed by atoms with E-state index in [2.05, 4.69) is 26.2 Å². The highest BCUT2D eigenvalue weighted by Gasteiger charge is 2.14. The Morgan fingerprint density at radius 2 is 2.00 bits per heavy atom. The molecule has 0 radical (unpaired) electrons. The number of hydrogen-bond acceptors (Lipinski definition) is 3. The van der Waals surface area contributed by atoms with Gasteiger partial charge in [-0.1, -0.05) is 15.9 Å². The number of carbonyl (C=O) groups is 2. The summed E-state index contributed by atoms with van der Waals surface area (Å²) in [6.45, 7) is 0. The molecule has 0 fully saturated rings. The van der Waals surface area contributed by atoms with E-state index in [1.54, 1.807) is 6.07 Å². The summed E-state index contributed by atoms with van der Waals surface area (Å²) in [6, 6.07) is 6.70. The monoisotopic (exact) mass is 338 g/mol. The van der Waals surface area contributed by atoms with Gasteiger partial charge in [-0.3, -0.25) is 4.79 Å². The first-order chi connectivity index (χ1) is 9.47. The maximum atomic E-state index is 12.7. The maximum absolute atomic E-state index is 12.7. The second-order valence-corrected chi connectivity index (χ2v) is 4.73. The fraction of sp³-hybridized carbons (Fsp3) is 0. The molecule has 1 aromatic heterocycles. The molecule has 0 saturated heterocycles. The summed E-state index contributed by atoms with van der Waals surface area (Å²) in [4.78, 5) is 26.4. The lowest BCUT2D eigenvalue weighted by Gasteiger charge is -2.09. The summed E-state index contributed by atoms with van der Waals surface area (Å²) in [5.74, 6) is -2.43. The van der Waals surface area contributed by atoms with Crippen molar-refractivity contribution in [2.75, 3.05) is 5.32 Å². The number of benzene rings is 1. The Morgan fingerprint density at radius 3 is 2.60 bits per heavy atom. The first-order valence-corrected chi connectivity index (χ1v) is 6.22. The largest absolute Gasteiger partial charge is 0.478 e. The van der Waals surface area contributed by atoms with Crippen molar-refractivity contribution in [1.82, 2.24) is 4.98 Å². The van der Waals surface area contributed by atoms with Crippen LogP contribution >= 0.6 is 15.9 Å². The highest BCUT2D eigenvalue weighted by atomic mass is 79.9. The van der Waals surface area contributed by atoms with Gasteiger partial charge >= 0.3 is 5.97 Å². The number of aromatic nitrogens is 1. The van der Waals surface area contributed by atoms with E-state index >= 15 is 0 Å². The zero-order valence-electron chi connectivity index (χ0n) is 9.93. The summed E-state index contributed by atoms with van der Waals surface area (Å²) in [7, 11) is 0. The number of nitrogens with zero attached hydrogens (tertiary/aromatic N) is 1. The Hall–Kier alpha value is -2.28. The third kappa shape index (κ3) is 3.18. The highest BCUT2D eigenvalue weighted by Crippen LogP contribution is 2.22. The molecule has 5 nitrogen and oxygen atoms in total. The van der Waals surface area contributed by atoms with Crippen molar-refractivity contribution in [2.24, 2.45) is 0 Å².